The van der Waals surface area contributed by atoms with Crippen LogP contribution in [0.25, 0.3) is 10.8 Å². The second-order valence-electron chi connectivity index (χ2n) is 6.54. The number of nitrogens with one attached hydrogen (secondary N) is 2. The maximum Gasteiger partial charge on any atom is 0.314 e. The molecule has 3 aromatic rings. The van der Waals surface area contributed by atoms with Gasteiger partial charge in [0.25, 0.3) is 0 Å². The fourth-order valence-electron chi connectivity index (χ4n) is 3.28. The van der Waals surface area contributed by atoms with Gasteiger partial charge in [0.05, 0.1) is 7.11 Å². The topological polar surface area (TPSA) is 50.4 Å². The van der Waals surface area contributed by atoms with Gasteiger partial charge in [0.1, 0.15) is 5.75 Å². The number of rotatable bonds is 7. The molecule has 0 aliphatic carbocycles. The number of hydrogen-bond acceptors (Lipinski definition) is 2. The van der Waals surface area contributed by atoms with Gasteiger partial charge in [0.2, 0.25) is 0 Å². The average Bonchev–Trinajstić information content (AvgIpc) is 2.68. The van der Waals surface area contributed by atoms with Crippen LogP contribution in [0.1, 0.15) is 23.6 Å². The van der Waals surface area contributed by atoms with Crippen LogP contribution >= 0.6 is 0 Å². The first-order valence-corrected chi connectivity index (χ1v) is 9.34. The van der Waals surface area contributed by atoms with E-state index < -0.39 is 0 Å². The van der Waals surface area contributed by atoms with Crippen LogP contribution in [-0.2, 0) is 12.8 Å². The molecule has 0 spiro atoms. The SMILES string of the molecule is CCNC(=O)NCCc1cc(Cc2ccccc2)cc2ccc(OC)cc12. The molecule has 2 N–H and O–H groups in total. The molecule has 4 heteroatoms. The quantitative estimate of drug-likeness (QED) is 0.658. The van der Waals surface area contributed by atoms with E-state index in [-0.39, 0.29) is 6.03 Å². The Morgan fingerprint density at radius 3 is 2.52 bits per heavy atom. The van der Waals surface area contributed by atoms with Crippen molar-refractivity contribution < 1.29 is 9.53 Å². The van der Waals surface area contributed by atoms with Crippen molar-refractivity contribution in [2.24, 2.45) is 0 Å². The number of methoxy groups -OCH3 is 1. The second kappa shape index (κ2) is 9.08. The van der Waals surface area contributed by atoms with Gasteiger partial charge in [-0.15, -0.1) is 0 Å². The Bertz CT molecular complexity index is 907. The third-order valence-electron chi connectivity index (χ3n) is 4.58. The van der Waals surface area contributed by atoms with Crippen LogP contribution in [0.3, 0.4) is 0 Å². The number of fused-ring (bicyclic) bond motifs is 1. The van der Waals surface area contributed by atoms with Gasteiger partial charge >= 0.3 is 6.03 Å². The van der Waals surface area contributed by atoms with Gasteiger partial charge in [-0.2, -0.15) is 0 Å². The van der Waals surface area contributed by atoms with Gasteiger partial charge in [0.15, 0.2) is 0 Å². The van der Waals surface area contributed by atoms with E-state index in [0.717, 1.165) is 18.6 Å². The smallest absolute Gasteiger partial charge is 0.314 e. The third-order valence-corrected chi connectivity index (χ3v) is 4.58. The van der Waals surface area contributed by atoms with Gasteiger partial charge in [-0.25, -0.2) is 4.79 Å². The molecule has 0 bridgehead atoms. The number of carbonyl (C=O) groups is 1. The summed E-state index contributed by atoms with van der Waals surface area (Å²) in [6.07, 6.45) is 1.66. The predicted octanol–water partition coefficient (Wildman–Crippen LogP) is 4.30. The number of amides is 2. The normalized spacial score (nSPS) is 10.6. The maximum atomic E-state index is 11.7. The molecule has 140 valence electrons. The molecule has 0 unspecified atom stereocenters. The third kappa shape index (κ3) is 5.00. The Morgan fingerprint density at radius 1 is 0.963 bits per heavy atom. The first-order valence-electron chi connectivity index (χ1n) is 9.34. The molecule has 0 fully saturated rings. The molecule has 0 aliphatic heterocycles. The zero-order valence-electron chi connectivity index (χ0n) is 15.9. The summed E-state index contributed by atoms with van der Waals surface area (Å²) in [5, 5.41) is 8.04. The summed E-state index contributed by atoms with van der Waals surface area (Å²) in [4.78, 5) is 11.7. The summed E-state index contributed by atoms with van der Waals surface area (Å²) in [6.45, 7) is 3.12. The van der Waals surface area contributed by atoms with Gasteiger partial charge < -0.3 is 15.4 Å². The van der Waals surface area contributed by atoms with Crippen molar-refractivity contribution in [2.75, 3.05) is 20.2 Å². The largest absolute Gasteiger partial charge is 0.497 e. The van der Waals surface area contributed by atoms with Crippen LogP contribution in [0.15, 0.2) is 60.7 Å². The van der Waals surface area contributed by atoms with Crippen LogP contribution in [0, 0.1) is 0 Å². The van der Waals surface area contributed by atoms with E-state index in [1.54, 1.807) is 7.11 Å². The molecule has 0 atom stereocenters. The molecule has 2 amide bonds. The number of hydrogen-bond donors (Lipinski definition) is 2. The van der Waals surface area contributed by atoms with Crippen molar-refractivity contribution in [3.05, 3.63) is 77.4 Å². The second-order valence-corrected chi connectivity index (χ2v) is 6.54. The zero-order chi connectivity index (χ0) is 19.1. The van der Waals surface area contributed by atoms with Crippen LogP contribution < -0.4 is 15.4 Å². The molecule has 4 nitrogen and oxygen atoms in total. The molecule has 3 aromatic carbocycles. The minimum absolute atomic E-state index is 0.125. The Labute approximate surface area is 160 Å². The van der Waals surface area contributed by atoms with Gasteiger partial charge in [-0.1, -0.05) is 48.5 Å². The van der Waals surface area contributed by atoms with Gasteiger partial charge in [-0.05, 0) is 59.4 Å². The van der Waals surface area contributed by atoms with E-state index in [0.29, 0.717) is 13.1 Å². The van der Waals surface area contributed by atoms with E-state index in [4.69, 9.17) is 4.74 Å². The number of ether oxygens (including phenoxy) is 1. The summed E-state index contributed by atoms with van der Waals surface area (Å²) in [6, 6.07) is 21.0. The average molecular weight is 362 g/mol. The fraction of sp³-hybridized carbons (Fsp3) is 0.261. The summed E-state index contributed by atoms with van der Waals surface area (Å²) in [5.74, 6) is 0.844. The first kappa shape index (κ1) is 18.8. The van der Waals surface area contributed by atoms with Crippen LogP contribution in [0.2, 0.25) is 0 Å². The number of benzene rings is 3. The minimum Gasteiger partial charge on any atom is -0.497 e. The van der Waals surface area contributed by atoms with Crippen molar-refractivity contribution in [2.45, 2.75) is 19.8 Å². The minimum atomic E-state index is -0.125. The van der Waals surface area contributed by atoms with Crippen molar-refractivity contribution in [1.29, 1.82) is 0 Å². The number of urea groups is 1. The van der Waals surface area contributed by atoms with Crippen molar-refractivity contribution in [3.8, 4) is 5.75 Å². The lowest BCUT2D eigenvalue weighted by atomic mass is 9.95. The monoisotopic (exact) mass is 362 g/mol. The van der Waals surface area contributed by atoms with E-state index in [2.05, 4.69) is 59.2 Å². The van der Waals surface area contributed by atoms with Crippen LogP contribution in [0.4, 0.5) is 4.79 Å². The van der Waals surface area contributed by atoms with Crippen molar-refractivity contribution >= 4 is 16.8 Å². The molecular formula is C23H26N2O2. The van der Waals surface area contributed by atoms with Crippen LogP contribution in [-0.4, -0.2) is 26.2 Å². The molecule has 27 heavy (non-hydrogen) atoms. The Morgan fingerprint density at radius 2 is 1.78 bits per heavy atom. The Kier molecular flexibility index (Phi) is 6.31. The van der Waals surface area contributed by atoms with E-state index >= 15 is 0 Å². The van der Waals surface area contributed by atoms with Gasteiger partial charge in [0, 0.05) is 13.1 Å². The summed E-state index contributed by atoms with van der Waals surface area (Å²) < 4.78 is 5.40. The fourth-order valence-corrected chi connectivity index (χ4v) is 3.28. The molecule has 3 rings (SSSR count). The highest BCUT2D eigenvalue weighted by Gasteiger charge is 2.08. The van der Waals surface area contributed by atoms with Crippen molar-refractivity contribution in [1.82, 2.24) is 10.6 Å². The molecule has 0 saturated carbocycles. The highest BCUT2D eigenvalue weighted by atomic mass is 16.5. The Hall–Kier alpha value is -3.01. The molecule has 0 aliphatic rings. The summed E-state index contributed by atoms with van der Waals surface area (Å²) in [5.41, 5.74) is 3.78. The molecule has 0 heterocycles. The first-order chi connectivity index (χ1) is 13.2. The predicted molar refractivity (Wildman–Crippen MR) is 111 cm³/mol. The van der Waals surface area contributed by atoms with Gasteiger partial charge in [-0.3, -0.25) is 0 Å². The van der Waals surface area contributed by atoms with E-state index in [1.807, 2.05) is 19.1 Å². The number of carbonyl (C=O) groups excluding carboxylic acids is 1. The summed E-state index contributed by atoms with van der Waals surface area (Å²) >= 11 is 0. The highest BCUT2D eigenvalue weighted by molar-refractivity contribution is 5.88. The van der Waals surface area contributed by atoms with Crippen LogP contribution in [0.5, 0.6) is 5.75 Å². The highest BCUT2D eigenvalue weighted by Crippen LogP contribution is 2.27. The van der Waals surface area contributed by atoms with E-state index in [9.17, 15) is 4.79 Å². The zero-order valence-corrected chi connectivity index (χ0v) is 15.9. The lowest BCUT2D eigenvalue weighted by molar-refractivity contribution is 0.241. The van der Waals surface area contributed by atoms with E-state index in [1.165, 1.54) is 27.5 Å². The maximum absolute atomic E-state index is 11.7. The lowest BCUT2D eigenvalue weighted by Crippen LogP contribution is -2.36. The summed E-state index contributed by atoms with van der Waals surface area (Å²) in [7, 11) is 1.68. The molecular weight excluding hydrogens is 336 g/mol. The Balaban J connectivity index is 1.88. The lowest BCUT2D eigenvalue weighted by Gasteiger charge is -2.13. The molecule has 0 radical (unpaired) electrons. The molecule has 0 saturated heterocycles. The van der Waals surface area contributed by atoms with Crippen molar-refractivity contribution in [3.63, 3.8) is 0 Å². The molecule has 0 aromatic heterocycles. The standard InChI is InChI=1S/C23H26N2O2/c1-3-24-23(26)25-12-11-20-15-18(13-17-7-5-4-6-8-17)14-19-9-10-21(27-2)16-22(19)20/h4-10,14-16H,3,11-13H2,1-2H3,(H2,24,25,26).